The third-order valence-electron chi connectivity index (χ3n) is 2.79. The number of aliphatic hydroxyl groups is 4. The SMILES string of the molecule is CCC(C)(O)C(O)COC(C)CC(O)CO. The van der Waals surface area contributed by atoms with Crippen molar-refractivity contribution in [1.29, 1.82) is 0 Å². The first-order valence-electron chi connectivity index (χ1n) is 5.64. The molecule has 0 fully saturated rings. The molecule has 0 aromatic rings. The summed E-state index contributed by atoms with van der Waals surface area (Å²) in [5.41, 5.74) is -1.16. The molecule has 4 atom stereocenters. The van der Waals surface area contributed by atoms with Crippen molar-refractivity contribution >= 4 is 0 Å². The predicted molar refractivity (Wildman–Crippen MR) is 60.0 cm³/mol. The summed E-state index contributed by atoms with van der Waals surface area (Å²) in [5, 5.41) is 37.1. The van der Waals surface area contributed by atoms with Crippen molar-refractivity contribution < 1.29 is 25.2 Å². The van der Waals surface area contributed by atoms with Crippen LogP contribution in [0.1, 0.15) is 33.6 Å². The molecule has 16 heavy (non-hydrogen) atoms. The van der Waals surface area contributed by atoms with Crippen LogP contribution in [-0.4, -0.2) is 57.6 Å². The summed E-state index contributed by atoms with van der Waals surface area (Å²) in [6.45, 7) is 4.78. The second-order valence-corrected chi connectivity index (χ2v) is 4.44. The van der Waals surface area contributed by atoms with Gasteiger partial charge in [-0.1, -0.05) is 6.92 Å². The lowest BCUT2D eigenvalue weighted by Crippen LogP contribution is -2.42. The summed E-state index contributed by atoms with van der Waals surface area (Å²) in [5.74, 6) is 0. The van der Waals surface area contributed by atoms with Crippen LogP contribution in [0.25, 0.3) is 0 Å². The van der Waals surface area contributed by atoms with E-state index < -0.39 is 17.8 Å². The zero-order valence-corrected chi connectivity index (χ0v) is 10.3. The van der Waals surface area contributed by atoms with E-state index in [0.717, 1.165) is 0 Å². The molecule has 0 aromatic carbocycles. The van der Waals surface area contributed by atoms with Crippen LogP contribution in [0, 0.1) is 0 Å². The van der Waals surface area contributed by atoms with Crippen LogP contribution in [0.2, 0.25) is 0 Å². The fourth-order valence-corrected chi connectivity index (χ4v) is 1.20. The Morgan fingerprint density at radius 2 is 1.88 bits per heavy atom. The van der Waals surface area contributed by atoms with Crippen LogP contribution < -0.4 is 0 Å². The Kier molecular flexibility index (Phi) is 7.10. The van der Waals surface area contributed by atoms with Gasteiger partial charge in [-0.3, -0.25) is 0 Å². The normalized spacial score (nSPS) is 21.2. The summed E-state index contributed by atoms with van der Waals surface area (Å²) in [7, 11) is 0. The van der Waals surface area contributed by atoms with Crippen molar-refractivity contribution in [1.82, 2.24) is 0 Å². The van der Waals surface area contributed by atoms with Gasteiger partial charge in [-0.15, -0.1) is 0 Å². The summed E-state index contributed by atoms with van der Waals surface area (Å²) < 4.78 is 5.28. The van der Waals surface area contributed by atoms with E-state index in [0.29, 0.717) is 12.8 Å². The third-order valence-corrected chi connectivity index (χ3v) is 2.79. The monoisotopic (exact) mass is 236 g/mol. The van der Waals surface area contributed by atoms with E-state index in [-0.39, 0.29) is 19.3 Å². The molecule has 0 radical (unpaired) electrons. The molecule has 5 heteroatoms. The van der Waals surface area contributed by atoms with Crippen LogP contribution in [-0.2, 0) is 4.74 Å². The van der Waals surface area contributed by atoms with E-state index in [1.165, 1.54) is 0 Å². The Morgan fingerprint density at radius 3 is 2.31 bits per heavy atom. The summed E-state index contributed by atoms with van der Waals surface area (Å²) in [6, 6.07) is 0. The van der Waals surface area contributed by atoms with Gasteiger partial charge in [0.15, 0.2) is 0 Å². The second kappa shape index (κ2) is 7.19. The molecule has 0 heterocycles. The summed E-state index contributed by atoms with van der Waals surface area (Å²) in [6.07, 6.45) is -1.29. The highest BCUT2D eigenvalue weighted by Crippen LogP contribution is 2.15. The maximum absolute atomic E-state index is 9.71. The molecule has 0 aromatic heterocycles. The first kappa shape index (κ1) is 15.8. The van der Waals surface area contributed by atoms with Gasteiger partial charge in [-0.05, 0) is 20.3 Å². The van der Waals surface area contributed by atoms with E-state index in [1.54, 1.807) is 20.8 Å². The lowest BCUT2D eigenvalue weighted by Gasteiger charge is -2.28. The Morgan fingerprint density at radius 1 is 1.31 bits per heavy atom. The number of hydrogen-bond donors (Lipinski definition) is 4. The number of hydrogen-bond acceptors (Lipinski definition) is 5. The van der Waals surface area contributed by atoms with Crippen molar-refractivity contribution in [3.63, 3.8) is 0 Å². The van der Waals surface area contributed by atoms with Crippen LogP contribution in [0.3, 0.4) is 0 Å². The van der Waals surface area contributed by atoms with E-state index in [4.69, 9.17) is 14.9 Å². The van der Waals surface area contributed by atoms with E-state index in [9.17, 15) is 10.2 Å². The Balaban J connectivity index is 3.87. The Labute approximate surface area is 96.7 Å². The highest BCUT2D eigenvalue weighted by atomic mass is 16.5. The maximum atomic E-state index is 9.71. The van der Waals surface area contributed by atoms with Crippen molar-refractivity contribution in [2.75, 3.05) is 13.2 Å². The molecule has 0 spiro atoms. The molecule has 0 aliphatic carbocycles. The van der Waals surface area contributed by atoms with E-state index in [2.05, 4.69) is 0 Å². The molecule has 0 amide bonds. The fourth-order valence-electron chi connectivity index (χ4n) is 1.20. The fraction of sp³-hybridized carbons (Fsp3) is 1.00. The van der Waals surface area contributed by atoms with Gasteiger partial charge in [0.05, 0.1) is 31.0 Å². The molecule has 5 nitrogen and oxygen atoms in total. The zero-order chi connectivity index (χ0) is 12.8. The van der Waals surface area contributed by atoms with Crippen LogP contribution in [0.5, 0.6) is 0 Å². The molecule has 4 N–H and O–H groups in total. The van der Waals surface area contributed by atoms with Gasteiger partial charge in [0.2, 0.25) is 0 Å². The largest absolute Gasteiger partial charge is 0.394 e. The first-order valence-corrected chi connectivity index (χ1v) is 5.64. The van der Waals surface area contributed by atoms with Gasteiger partial charge in [0.1, 0.15) is 6.10 Å². The predicted octanol–water partition coefficient (Wildman–Crippen LogP) is -0.343. The Hall–Kier alpha value is -0.200. The van der Waals surface area contributed by atoms with Crippen molar-refractivity contribution in [2.24, 2.45) is 0 Å². The van der Waals surface area contributed by atoms with Gasteiger partial charge < -0.3 is 25.2 Å². The topological polar surface area (TPSA) is 90.2 Å². The highest BCUT2D eigenvalue weighted by molar-refractivity contribution is 4.80. The molecule has 4 unspecified atom stereocenters. The van der Waals surface area contributed by atoms with Crippen LogP contribution in [0.4, 0.5) is 0 Å². The van der Waals surface area contributed by atoms with Gasteiger partial charge in [-0.2, -0.15) is 0 Å². The van der Waals surface area contributed by atoms with Crippen molar-refractivity contribution in [3.8, 4) is 0 Å². The van der Waals surface area contributed by atoms with Gasteiger partial charge >= 0.3 is 0 Å². The molecule has 0 bridgehead atoms. The van der Waals surface area contributed by atoms with Gasteiger partial charge in [0, 0.05) is 6.42 Å². The summed E-state index contributed by atoms with van der Waals surface area (Å²) in [4.78, 5) is 0. The second-order valence-electron chi connectivity index (χ2n) is 4.44. The summed E-state index contributed by atoms with van der Waals surface area (Å²) >= 11 is 0. The molecule has 0 aliphatic rings. The van der Waals surface area contributed by atoms with E-state index >= 15 is 0 Å². The quantitative estimate of drug-likeness (QED) is 0.463. The molecule has 98 valence electrons. The molecular formula is C11H24O5. The Bertz CT molecular complexity index is 183. The average Bonchev–Trinajstić information content (AvgIpc) is 2.25. The minimum atomic E-state index is -1.16. The first-order chi connectivity index (χ1) is 7.33. The zero-order valence-electron chi connectivity index (χ0n) is 10.3. The minimum Gasteiger partial charge on any atom is -0.394 e. The highest BCUT2D eigenvalue weighted by Gasteiger charge is 2.28. The number of rotatable bonds is 8. The minimum absolute atomic E-state index is 0.0140. The lowest BCUT2D eigenvalue weighted by molar-refractivity contribution is -0.113. The van der Waals surface area contributed by atoms with Gasteiger partial charge in [0.25, 0.3) is 0 Å². The molecule has 0 aliphatic heterocycles. The standard InChI is InChI=1S/C11H24O5/c1-4-11(3,15)10(14)7-16-8(2)5-9(13)6-12/h8-10,12-15H,4-7H2,1-3H3. The van der Waals surface area contributed by atoms with Crippen LogP contribution >= 0.6 is 0 Å². The lowest BCUT2D eigenvalue weighted by atomic mass is 9.97. The molecule has 0 saturated carbocycles. The number of aliphatic hydroxyl groups excluding tert-OH is 3. The maximum Gasteiger partial charge on any atom is 0.106 e. The molecular weight excluding hydrogens is 212 g/mol. The average molecular weight is 236 g/mol. The third kappa shape index (κ3) is 5.77. The van der Waals surface area contributed by atoms with Gasteiger partial charge in [-0.25, -0.2) is 0 Å². The number of ether oxygens (including phenoxy) is 1. The smallest absolute Gasteiger partial charge is 0.106 e. The van der Waals surface area contributed by atoms with E-state index in [1.807, 2.05) is 0 Å². The molecule has 0 saturated heterocycles. The molecule has 0 rings (SSSR count). The van der Waals surface area contributed by atoms with Crippen LogP contribution in [0.15, 0.2) is 0 Å². The van der Waals surface area contributed by atoms with Crippen molar-refractivity contribution in [2.45, 2.75) is 57.5 Å². The van der Waals surface area contributed by atoms with Crippen molar-refractivity contribution in [3.05, 3.63) is 0 Å².